The number of rotatable bonds is 4. The molecule has 1 aromatic heterocycles. The number of hydrogen-bond donors (Lipinski definition) is 2. The van der Waals surface area contributed by atoms with E-state index in [1.165, 1.54) is 5.56 Å². The molecule has 0 aliphatic heterocycles. The molecule has 3 N–H and O–H groups in total. The predicted molar refractivity (Wildman–Crippen MR) is 54.5 cm³/mol. The maximum absolute atomic E-state index is 5.36. The van der Waals surface area contributed by atoms with Crippen molar-refractivity contribution in [1.29, 1.82) is 0 Å². The standard InChI is InChI=1S/C10H17N3/c1-8-3-4-10(13-9(8)2)7-12-6-5-11/h3-4,12H,5-7,11H2,1-2H3. The molecule has 0 saturated heterocycles. The van der Waals surface area contributed by atoms with Gasteiger partial charge in [0, 0.05) is 25.3 Å². The van der Waals surface area contributed by atoms with Gasteiger partial charge in [-0.25, -0.2) is 0 Å². The number of nitrogens with one attached hydrogen (secondary N) is 1. The van der Waals surface area contributed by atoms with Crippen LogP contribution in [0, 0.1) is 13.8 Å². The Kier molecular flexibility index (Phi) is 3.86. The van der Waals surface area contributed by atoms with E-state index in [0.717, 1.165) is 24.5 Å². The molecular formula is C10H17N3. The average molecular weight is 179 g/mol. The van der Waals surface area contributed by atoms with Gasteiger partial charge < -0.3 is 11.1 Å². The van der Waals surface area contributed by atoms with Crippen molar-refractivity contribution in [1.82, 2.24) is 10.3 Å². The molecular weight excluding hydrogens is 162 g/mol. The van der Waals surface area contributed by atoms with Crippen molar-refractivity contribution in [2.45, 2.75) is 20.4 Å². The second-order valence-electron chi connectivity index (χ2n) is 3.17. The zero-order chi connectivity index (χ0) is 9.68. The van der Waals surface area contributed by atoms with Crippen molar-refractivity contribution in [3.63, 3.8) is 0 Å². The molecule has 0 aromatic carbocycles. The molecule has 3 nitrogen and oxygen atoms in total. The van der Waals surface area contributed by atoms with E-state index in [0.29, 0.717) is 6.54 Å². The molecule has 0 aliphatic carbocycles. The molecule has 0 saturated carbocycles. The summed E-state index contributed by atoms with van der Waals surface area (Å²) in [5, 5.41) is 3.21. The molecule has 1 aromatic rings. The van der Waals surface area contributed by atoms with Gasteiger partial charge in [-0.05, 0) is 25.5 Å². The molecule has 0 fully saturated rings. The van der Waals surface area contributed by atoms with Crippen LogP contribution in [-0.4, -0.2) is 18.1 Å². The van der Waals surface area contributed by atoms with Gasteiger partial charge in [0.15, 0.2) is 0 Å². The first kappa shape index (κ1) is 10.2. The second kappa shape index (κ2) is 4.94. The van der Waals surface area contributed by atoms with E-state index in [2.05, 4.69) is 23.3 Å². The number of aromatic nitrogens is 1. The van der Waals surface area contributed by atoms with Gasteiger partial charge in [-0.2, -0.15) is 0 Å². The summed E-state index contributed by atoms with van der Waals surface area (Å²) in [7, 11) is 0. The van der Waals surface area contributed by atoms with E-state index in [4.69, 9.17) is 5.73 Å². The molecule has 0 spiro atoms. The molecule has 1 heterocycles. The highest BCUT2D eigenvalue weighted by atomic mass is 14.9. The molecule has 72 valence electrons. The van der Waals surface area contributed by atoms with Crippen LogP contribution in [0.2, 0.25) is 0 Å². The minimum atomic E-state index is 0.671. The first-order chi connectivity index (χ1) is 6.24. The lowest BCUT2D eigenvalue weighted by molar-refractivity contribution is 0.680. The molecule has 0 unspecified atom stereocenters. The third kappa shape index (κ3) is 3.13. The molecule has 13 heavy (non-hydrogen) atoms. The highest BCUT2D eigenvalue weighted by Gasteiger charge is 1.96. The first-order valence-electron chi connectivity index (χ1n) is 4.58. The van der Waals surface area contributed by atoms with Gasteiger partial charge in [0.2, 0.25) is 0 Å². The molecule has 1 rings (SSSR count). The van der Waals surface area contributed by atoms with Crippen molar-refractivity contribution < 1.29 is 0 Å². The number of nitrogens with zero attached hydrogens (tertiary/aromatic N) is 1. The fourth-order valence-electron chi connectivity index (χ4n) is 1.10. The van der Waals surface area contributed by atoms with Gasteiger partial charge in [-0.15, -0.1) is 0 Å². The largest absolute Gasteiger partial charge is 0.329 e. The summed E-state index contributed by atoms with van der Waals surface area (Å²) in [6.45, 7) is 6.42. The van der Waals surface area contributed by atoms with Gasteiger partial charge in [-0.1, -0.05) is 6.07 Å². The van der Waals surface area contributed by atoms with Crippen LogP contribution < -0.4 is 11.1 Å². The lowest BCUT2D eigenvalue weighted by atomic mass is 10.2. The number of aryl methyl sites for hydroxylation is 2. The minimum Gasteiger partial charge on any atom is -0.329 e. The SMILES string of the molecule is Cc1ccc(CNCCN)nc1C. The Balaban J connectivity index is 2.53. The van der Waals surface area contributed by atoms with Gasteiger partial charge in [0.1, 0.15) is 0 Å². The average Bonchev–Trinajstić information content (AvgIpc) is 2.12. The van der Waals surface area contributed by atoms with Crippen LogP contribution in [0.5, 0.6) is 0 Å². The summed E-state index contributed by atoms with van der Waals surface area (Å²) >= 11 is 0. The predicted octanol–water partition coefficient (Wildman–Crippen LogP) is 0.747. The van der Waals surface area contributed by atoms with Crippen molar-refractivity contribution in [3.8, 4) is 0 Å². The van der Waals surface area contributed by atoms with Crippen molar-refractivity contribution in [3.05, 3.63) is 29.1 Å². The molecule has 0 radical (unpaired) electrons. The molecule has 3 heteroatoms. The van der Waals surface area contributed by atoms with Gasteiger partial charge in [0.25, 0.3) is 0 Å². The van der Waals surface area contributed by atoms with Crippen molar-refractivity contribution >= 4 is 0 Å². The number of nitrogens with two attached hydrogens (primary N) is 1. The molecule has 0 aliphatic rings. The topological polar surface area (TPSA) is 50.9 Å². The minimum absolute atomic E-state index is 0.671. The molecule has 0 amide bonds. The summed E-state index contributed by atoms with van der Waals surface area (Å²) < 4.78 is 0. The normalized spacial score (nSPS) is 10.4. The lowest BCUT2D eigenvalue weighted by Gasteiger charge is -2.04. The lowest BCUT2D eigenvalue weighted by Crippen LogP contribution is -2.22. The fourth-order valence-corrected chi connectivity index (χ4v) is 1.10. The van der Waals surface area contributed by atoms with Crippen LogP contribution in [0.3, 0.4) is 0 Å². The zero-order valence-electron chi connectivity index (χ0n) is 8.30. The zero-order valence-corrected chi connectivity index (χ0v) is 8.30. The van der Waals surface area contributed by atoms with E-state index in [1.807, 2.05) is 13.0 Å². The highest BCUT2D eigenvalue weighted by molar-refractivity contribution is 5.20. The van der Waals surface area contributed by atoms with Crippen LogP contribution >= 0.6 is 0 Å². The summed E-state index contributed by atoms with van der Waals surface area (Å²) in [4.78, 5) is 4.44. The van der Waals surface area contributed by atoms with Crippen molar-refractivity contribution in [2.75, 3.05) is 13.1 Å². The van der Waals surface area contributed by atoms with Gasteiger partial charge in [-0.3, -0.25) is 4.98 Å². The highest BCUT2D eigenvalue weighted by Crippen LogP contribution is 2.04. The van der Waals surface area contributed by atoms with Crippen LogP contribution in [0.1, 0.15) is 17.0 Å². The Morgan fingerprint density at radius 1 is 1.38 bits per heavy atom. The second-order valence-corrected chi connectivity index (χ2v) is 3.17. The molecule has 0 bridgehead atoms. The van der Waals surface area contributed by atoms with Crippen molar-refractivity contribution in [2.24, 2.45) is 5.73 Å². The maximum atomic E-state index is 5.36. The Morgan fingerprint density at radius 2 is 2.15 bits per heavy atom. The van der Waals surface area contributed by atoms with E-state index in [1.54, 1.807) is 0 Å². The van der Waals surface area contributed by atoms with E-state index >= 15 is 0 Å². The summed E-state index contributed by atoms with van der Waals surface area (Å²) in [5.74, 6) is 0. The Labute approximate surface area is 79.4 Å². The maximum Gasteiger partial charge on any atom is 0.0545 e. The third-order valence-electron chi connectivity index (χ3n) is 2.03. The summed E-state index contributed by atoms with van der Waals surface area (Å²) in [5.41, 5.74) is 8.79. The fraction of sp³-hybridized carbons (Fsp3) is 0.500. The van der Waals surface area contributed by atoms with Crippen LogP contribution in [0.4, 0.5) is 0 Å². The van der Waals surface area contributed by atoms with Crippen LogP contribution in [-0.2, 0) is 6.54 Å². The Bertz CT molecular complexity index is 271. The summed E-state index contributed by atoms with van der Waals surface area (Å²) in [6, 6.07) is 4.15. The van der Waals surface area contributed by atoms with E-state index in [9.17, 15) is 0 Å². The van der Waals surface area contributed by atoms with Gasteiger partial charge in [0.05, 0.1) is 5.69 Å². The van der Waals surface area contributed by atoms with Crippen LogP contribution in [0.15, 0.2) is 12.1 Å². The number of hydrogen-bond acceptors (Lipinski definition) is 3. The van der Waals surface area contributed by atoms with Gasteiger partial charge >= 0.3 is 0 Å². The Hall–Kier alpha value is -0.930. The van der Waals surface area contributed by atoms with E-state index < -0.39 is 0 Å². The molecule has 0 atom stereocenters. The number of pyridine rings is 1. The van der Waals surface area contributed by atoms with Crippen LogP contribution in [0.25, 0.3) is 0 Å². The third-order valence-corrected chi connectivity index (χ3v) is 2.03. The first-order valence-corrected chi connectivity index (χ1v) is 4.58. The monoisotopic (exact) mass is 179 g/mol. The summed E-state index contributed by atoms with van der Waals surface area (Å²) in [6.07, 6.45) is 0. The Morgan fingerprint density at radius 3 is 2.77 bits per heavy atom. The van der Waals surface area contributed by atoms with E-state index in [-0.39, 0.29) is 0 Å². The smallest absolute Gasteiger partial charge is 0.0545 e. The quantitative estimate of drug-likeness (QED) is 0.670.